The number of benzene rings is 2. The Bertz CT molecular complexity index is 798. The van der Waals surface area contributed by atoms with Crippen LogP contribution in [0.1, 0.15) is 31.8 Å². The van der Waals surface area contributed by atoms with Gasteiger partial charge in [-0.05, 0) is 42.8 Å². The number of carbonyl (C=O) groups excluding carboxylic acids is 2. The van der Waals surface area contributed by atoms with Crippen LogP contribution in [0.25, 0.3) is 0 Å². The number of anilines is 1. The zero-order valence-electron chi connectivity index (χ0n) is 13.3. The van der Waals surface area contributed by atoms with Gasteiger partial charge in [0.25, 0.3) is 0 Å². The lowest BCUT2D eigenvalue weighted by Gasteiger charge is -2.07. The molecule has 0 spiro atoms. The average Bonchev–Trinajstić information content (AvgIpc) is 2.61. The maximum absolute atomic E-state index is 12.0. The van der Waals surface area contributed by atoms with E-state index in [1.165, 1.54) is 31.4 Å². The molecule has 0 fully saturated rings. The third-order valence-electron chi connectivity index (χ3n) is 3.42. The largest absolute Gasteiger partial charge is 0.465 e. The van der Waals surface area contributed by atoms with E-state index in [-0.39, 0.29) is 11.4 Å². The summed E-state index contributed by atoms with van der Waals surface area (Å²) in [6.45, 7) is 1.79. The van der Waals surface area contributed by atoms with Crippen LogP contribution in [0, 0.1) is 6.92 Å². The molecule has 0 amide bonds. The van der Waals surface area contributed by atoms with E-state index in [4.69, 9.17) is 16.3 Å². The van der Waals surface area contributed by atoms with Gasteiger partial charge in [0.1, 0.15) is 0 Å². The highest BCUT2D eigenvalue weighted by Gasteiger charge is 2.11. The van der Waals surface area contributed by atoms with Crippen molar-refractivity contribution in [3.05, 3.63) is 64.7 Å². The number of nitrogens with zero attached hydrogens (tertiary/aromatic N) is 1. The highest BCUT2D eigenvalue weighted by Crippen LogP contribution is 2.15. The monoisotopic (exact) mass is 327 g/mol. The molecule has 0 aliphatic rings. The Labute approximate surface area is 138 Å². The Kier molecular flexibility index (Phi) is 5.16. The minimum atomic E-state index is -0.698. The molecule has 4 N–H and O–H groups in total. The minimum absolute atomic E-state index is 0.0410. The fraction of sp³-hybridized carbons (Fsp3) is 0.118. The summed E-state index contributed by atoms with van der Waals surface area (Å²) in [6, 6.07) is 11.0. The number of nitrogen functional groups attached to an aromatic ring is 1. The Hall–Kier alpha value is -3.35. The fourth-order valence-electron chi connectivity index (χ4n) is 1.98. The van der Waals surface area contributed by atoms with Crippen molar-refractivity contribution >= 4 is 23.5 Å². The van der Waals surface area contributed by atoms with Crippen molar-refractivity contribution in [1.29, 1.82) is 0 Å². The number of rotatable bonds is 4. The van der Waals surface area contributed by atoms with Crippen LogP contribution >= 0.6 is 0 Å². The van der Waals surface area contributed by atoms with Crippen LogP contribution in [-0.4, -0.2) is 24.9 Å². The van der Waals surface area contributed by atoms with Crippen molar-refractivity contribution in [2.75, 3.05) is 12.8 Å². The molecule has 0 unspecified atom stereocenters. The van der Waals surface area contributed by atoms with Crippen LogP contribution in [0.3, 0.4) is 0 Å². The summed E-state index contributed by atoms with van der Waals surface area (Å²) in [4.78, 5) is 28.1. The molecule has 2 aromatic rings. The lowest BCUT2D eigenvalue weighted by molar-refractivity contribution is 0.0514. The molecule has 2 aromatic carbocycles. The molecule has 0 saturated heterocycles. The normalized spacial score (nSPS) is 11.0. The van der Waals surface area contributed by atoms with Crippen LogP contribution < -0.4 is 11.5 Å². The second-order valence-electron chi connectivity index (χ2n) is 4.94. The van der Waals surface area contributed by atoms with Gasteiger partial charge in [0.15, 0.2) is 5.84 Å². The summed E-state index contributed by atoms with van der Waals surface area (Å²) in [7, 11) is 1.28. The molecule has 24 heavy (non-hydrogen) atoms. The number of carbonyl (C=O) groups is 2. The fourth-order valence-corrected chi connectivity index (χ4v) is 1.98. The summed E-state index contributed by atoms with van der Waals surface area (Å²) < 4.78 is 4.58. The van der Waals surface area contributed by atoms with Gasteiger partial charge in [-0.1, -0.05) is 17.3 Å². The smallest absolute Gasteiger partial charge is 0.365 e. The average molecular weight is 327 g/mol. The molecule has 124 valence electrons. The number of oxime groups is 1. The van der Waals surface area contributed by atoms with Crippen LogP contribution in [0.5, 0.6) is 0 Å². The molecule has 0 aromatic heterocycles. The first-order chi connectivity index (χ1) is 11.4. The van der Waals surface area contributed by atoms with Crippen molar-refractivity contribution in [2.45, 2.75) is 6.92 Å². The van der Waals surface area contributed by atoms with Gasteiger partial charge in [0.05, 0.1) is 18.2 Å². The maximum atomic E-state index is 12.0. The second kappa shape index (κ2) is 7.28. The first-order valence-corrected chi connectivity index (χ1v) is 7.02. The molecule has 2 rings (SSSR count). The van der Waals surface area contributed by atoms with Crippen molar-refractivity contribution in [1.82, 2.24) is 0 Å². The van der Waals surface area contributed by atoms with E-state index < -0.39 is 11.9 Å². The van der Waals surface area contributed by atoms with Gasteiger partial charge in [0.2, 0.25) is 0 Å². The first kappa shape index (κ1) is 17.0. The maximum Gasteiger partial charge on any atom is 0.365 e. The minimum Gasteiger partial charge on any atom is -0.465 e. The number of nitrogens with two attached hydrogens (primary N) is 2. The third-order valence-corrected chi connectivity index (χ3v) is 3.42. The van der Waals surface area contributed by atoms with Crippen LogP contribution in [0.4, 0.5) is 5.69 Å². The number of methoxy groups -OCH3 is 1. The lowest BCUT2D eigenvalue weighted by Crippen LogP contribution is -2.17. The number of hydrogen-bond donors (Lipinski definition) is 2. The zero-order chi connectivity index (χ0) is 17.7. The van der Waals surface area contributed by atoms with Gasteiger partial charge >= 0.3 is 11.9 Å². The van der Waals surface area contributed by atoms with Crippen molar-refractivity contribution in [3.63, 3.8) is 0 Å². The number of amidine groups is 1. The van der Waals surface area contributed by atoms with E-state index in [2.05, 4.69) is 9.89 Å². The van der Waals surface area contributed by atoms with Gasteiger partial charge < -0.3 is 21.0 Å². The molecule has 0 heterocycles. The summed E-state index contributed by atoms with van der Waals surface area (Å²) in [5, 5.41) is 3.64. The molecule has 0 aliphatic carbocycles. The quantitative estimate of drug-likeness (QED) is 0.221. The van der Waals surface area contributed by atoms with Crippen LogP contribution in [-0.2, 0) is 9.57 Å². The van der Waals surface area contributed by atoms with Gasteiger partial charge in [-0.3, -0.25) is 0 Å². The van der Waals surface area contributed by atoms with E-state index >= 15 is 0 Å². The first-order valence-electron chi connectivity index (χ1n) is 7.02. The van der Waals surface area contributed by atoms with Crippen LogP contribution in [0.2, 0.25) is 0 Å². The lowest BCUT2D eigenvalue weighted by atomic mass is 10.1. The predicted octanol–water partition coefficient (Wildman–Crippen LogP) is 1.84. The highest BCUT2D eigenvalue weighted by atomic mass is 16.7. The molecular weight excluding hydrogens is 310 g/mol. The number of esters is 1. The molecule has 0 aliphatic heterocycles. The van der Waals surface area contributed by atoms with Gasteiger partial charge in [-0.25, -0.2) is 9.59 Å². The van der Waals surface area contributed by atoms with Crippen molar-refractivity contribution in [3.8, 4) is 0 Å². The van der Waals surface area contributed by atoms with Gasteiger partial charge in [-0.15, -0.1) is 0 Å². The highest BCUT2D eigenvalue weighted by molar-refractivity contribution is 6.00. The molecular formula is C17H17N3O4. The summed E-state index contributed by atoms with van der Waals surface area (Å²) in [6.07, 6.45) is 0. The van der Waals surface area contributed by atoms with E-state index in [0.717, 1.165) is 5.56 Å². The molecule has 0 radical (unpaired) electrons. The Morgan fingerprint density at radius 1 is 1.00 bits per heavy atom. The van der Waals surface area contributed by atoms with E-state index in [1.54, 1.807) is 25.1 Å². The SMILES string of the molecule is COC(=O)c1ccc(C(=O)O/N=C(\N)c2cccc(N)c2C)cc1. The molecule has 7 heteroatoms. The predicted molar refractivity (Wildman–Crippen MR) is 89.5 cm³/mol. The van der Waals surface area contributed by atoms with Gasteiger partial charge in [-0.2, -0.15) is 0 Å². The summed E-state index contributed by atoms with van der Waals surface area (Å²) in [5.74, 6) is -1.15. The number of ether oxygens (including phenoxy) is 1. The Balaban J connectivity index is 2.12. The summed E-state index contributed by atoms with van der Waals surface area (Å²) in [5.41, 5.74) is 14.1. The van der Waals surface area contributed by atoms with Crippen molar-refractivity contribution < 1.29 is 19.2 Å². The zero-order valence-corrected chi connectivity index (χ0v) is 13.3. The summed E-state index contributed by atoms with van der Waals surface area (Å²) >= 11 is 0. The molecule has 0 bridgehead atoms. The van der Waals surface area contributed by atoms with E-state index in [1.807, 2.05) is 0 Å². The Morgan fingerprint density at radius 2 is 1.58 bits per heavy atom. The topological polar surface area (TPSA) is 117 Å². The van der Waals surface area contributed by atoms with Gasteiger partial charge in [0, 0.05) is 11.3 Å². The van der Waals surface area contributed by atoms with Crippen LogP contribution in [0.15, 0.2) is 47.6 Å². The van der Waals surface area contributed by atoms with E-state index in [0.29, 0.717) is 16.8 Å². The third kappa shape index (κ3) is 3.70. The number of hydrogen-bond acceptors (Lipinski definition) is 6. The van der Waals surface area contributed by atoms with Crippen molar-refractivity contribution in [2.24, 2.45) is 10.9 Å². The Morgan fingerprint density at radius 3 is 2.17 bits per heavy atom. The van der Waals surface area contributed by atoms with E-state index in [9.17, 15) is 9.59 Å². The second-order valence-corrected chi connectivity index (χ2v) is 4.94. The molecule has 0 atom stereocenters. The molecule has 7 nitrogen and oxygen atoms in total. The molecule has 0 saturated carbocycles. The standard InChI is InChI=1S/C17H17N3O4/c1-10-13(4-3-5-14(10)18)15(19)20-24-17(22)12-8-6-11(7-9-12)16(21)23-2/h3-9H,18H2,1-2H3,(H2,19,20).